The van der Waals surface area contributed by atoms with Crippen LogP contribution in [0.3, 0.4) is 0 Å². The maximum atomic E-state index is 11.7. The molecule has 0 radical (unpaired) electrons. The Balaban J connectivity index is 4.62. The summed E-state index contributed by atoms with van der Waals surface area (Å²) < 4.78 is 5.64. The van der Waals surface area contributed by atoms with Crippen molar-refractivity contribution in [3.8, 4) is 0 Å². The molecule has 0 aliphatic heterocycles. The van der Waals surface area contributed by atoms with E-state index in [0.29, 0.717) is 0 Å². The fourth-order valence-corrected chi connectivity index (χ4v) is 2.60. The quantitative estimate of drug-likeness (QED) is 0.178. The molecule has 0 saturated carbocycles. The summed E-state index contributed by atoms with van der Waals surface area (Å²) in [5.41, 5.74) is 0. The highest BCUT2D eigenvalue weighted by molar-refractivity contribution is 5.81. The van der Waals surface area contributed by atoms with Crippen molar-refractivity contribution in [1.29, 1.82) is 0 Å². The van der Waals surface area contributed by atoms with Crippen molar-refractivity contribution in [1.82, 2.24) is 4.90 Å². The fourth-order valence-electron chi connectivity index (χ4n) is 2.60. The van der Waals surface area contributed by atoms with E-state index in [4.69, 9.17) is 4.74 Å². The van der Waals surface area contributed by atoms with Gasteiger partial charge in [-0.05, 0) is 25.7 Å². The minimum atomic E-state index is -0.294. The molecule has 3 nitrogen and oxygen atoms in total. The Morgan fingerprint density at radius 2 is 1.45 bits per heavy atom. The van der Waals surface area contributed by atoms with Crippen LogP contribution in [0.25, 0.3) is 0 Å². The number of nitrogens with zero attached hydrogens (tertiary/aromatic N) is 1. The van der Waals surface area contributed by atoms with Crippen molar-refractivity contribution in [3.63, 3.8) is 0 Å². The molecule has 0 aromatic carbocycles. The number of rotatable bonds is 15. The largest absolute Gasteiger partial charge is 0.443 e. The first-order chi connectivity index (χ1) is 10.7. The molecule has 0 saturated heterocycles. The van der Waals surface area contributed by atoms with Crippen LogP contribution in [-0.2, 0) is 9.53 Å². The van der Waals surface area contributed by atoms with E-state index < -0.39 is 0 Å². The molecule has 0 bridgehead atoms. The lowest BCUT2D eigenvalue weighted by molar-refractivity contribution is -0.154. The van der Waals surface area contributed by atoms with E-state index in [1.807, 2.05) is 0 Å². The number of esters is 1. The van der Waals surface area contributed by atoms with Gasteiger partial charge in [0.1, 0.15) is 0 Å². The Bertz CT molecular complexity index is 269. The van der Waals surface area contributed by atoms with E-state index in [-0.39, 0.29) is 12.2 Å². The zero-order chi connectivity index (χ0) is 16.6. The number of ether oxygens (including phenoxy) is 1. The van der Waals surface area contributed by atoms with Gasteiger partial charge in [0.2, 0.25) is 0 Å². The molecule has 130 valence electrons. The zero-order valence-electron chi connectivity index (χ0n) is 15.1. The van der Waals surface area contributed by atoms with Crippen molar-refractivity contribution >= 4 is 5.97 Å². The third-order valence-corrected chi connectivity index (χ3v) is 3.98. The molecule has 0 amide bonds. The Labute approximate surface area is 138 Å². The van der Waals surface area contributed by atoms with Crippen LogP contribution in [-0.4, -0.2) is 30.2 Å². The molecular weight excluding hydrogens is 274 g/mol. The molecule has 3 heteroatoms. The number of unbranched alkanes of at least 4 members (excludes halogenated alkanes) is 6. The Morgan fingerprint density at radius 1 is 0.955 bits per heavy atom. The first kappa shape index (κ1) is 21.2. The molecule has 1 unspecified atom stereocenters. The molecule has 0 aromatic rings. The van der Waals surface area contributed by atoms with Gasteiger partial charge in [0.15, 0.2) is 6.23 Å². The Morgan fingerprint density at radius 3 is 1.91 bits per heavy atom. The third kappa shape index (κ3) is 10.8. The van der Waals surface area contributed by atoms with Crippen LogP contribution in [0.1, 0.15) is 85.0 Å². The fraction of sp³-hybridized carbons (Fsp3) is 0.842. The number of hydrogen-bond acceptors (Lipinski definition) is 3. The Kier molecular flexibility index (Phi) is 14.5. The van der Waals surface area contributed by atoms with Crippen molar-refractivity contribution in [2.45, 2.75) is 91.2 Å². The van der Waals surface area contributed by atoms with E-state index >= 15 is 0 Å². The molecule has 0 aromatic heterocycles. The smallest absolute Gasteiger partial charge is 0.331 e. The van der Waals surface area contributed by atoms with Gasteiger partial charge in [-0.3, -0.25) is 4.90 Å². The summed E-state index contributed by atoms with van der Waals surface area (Å²) in [4.78, 5) is 14.0. The van der Waals surface area contributed by atoms with Gasteiger partial charge in [0.05, 0.1) is 0 Å². The van der Waals surface area contributed by atoms with Gasteiger partial charge in [-0.25, -0.2) is 4.79 Å². The molecule has 0 N–H and O–H groups in total. The lowest BCUT2D eigenvalue weighted by Gasteiger charge is -2.31. The molecular formula is C19H37NO2. The highest BCUT2D eigenvalue weighted by Crippen LogP contribution is 2.15. The van der Waals surface area contributed by atoms with Crippen molar-refractivity contribution in [2.24, 2.45) is 0 Å². The zero-order valence-corrected chi connectivity index (χ0v) is 15.1. The van der Waals surface area contributed by atoms with Gasteiger partial charge in [-0.1, -0.05) is 65.9 Å². The first-order valence-electron chi connectivity index (χ1n) is 9.26. The summed E-state index contributed by atoms with van der Waals surface area (Å²) in [5, 5.41) is 0. The number of carbonyl (C=O) groups is 1. The van der Waals surface area contributed by atoms with Crippen LogP contribution < -0.4 is 0 Å². The molecule has 0 heterocycles. The van der Waals surface area contributed by atoms with E-state index in [9.17, 15) is 4.79 Å². The summed E-state index contributed by atoms with van der Waals surface area (Å²) >= 11 is 0. The van der Waals surface area contributed by atoms with Gasteiger partial charge in [0.25, 0.3) is 0 Å². The maximum Gasteiger partial charge on any atom is 0.331 e. The lowest BCUT2D eigenvalue weighted by Crippen LogP contribution is -2.40. The second-order valence-corrected chi connectivity index (χ2v) is 6.04. The van der Waals surface area contributed by atoms with Crippen molar-refractivity contribution < 1.29 is 9.53 Å². The predicted octanol–water partition coefficient (Wildman–Crippen LogP) is 5.30. The van der Waals surface area contributed by atoms with E-state index in [2.05, 4.69) is 32.3 Å². The highest BCUT2D eigenvalue weighted by Gasteiger charge is 2.20. The molecule has 0 aliphatic rings. The van der Waals surface area contributed by atoms with Gasteiger partial charge in [0, 0.05) is 19.2 Å². The summed E-state index contributed by atoms with van der Waals surface area (Å²) in [6.45, 7) is 12.2. The SMILES string of the molecule is C=CC(=O)OC(CCCCC)N(CCCCC)CCCCC. The van der Waals surface area contributed by atoms with Crippen molar-refractivity contribution in [3.05, 3.63) is 12.7 Å². The topological polar surface area (TPSA) is 29.5 Å². The second kappa shape index (κ2) is 15.1. The molecule has 0 rings (SSSR count). The van der Waals surface area contributed by atoms with E-state index in [0.717, 1.165) is 25.9 Å². The number of carbonyl (C=O) groups excluding carboxylic acids is 1. The summed E-state index contributed by atoms with van der Waals surface area (Å²) in [5.74, 6) is -0.294. The van der Waals surface area contributed by atoms with Gasteiger partial charge in [-0.2, -0.15) is 0 Å². The third-order valence-electron chi connectivity index (χ3n) is 3.98. The molecule has 1 atom stereocenters. The van der Waals surface area contributed by atoms with Crippen LogP contribution in [0.15, 0.2) is 12.7 Å². The normalized spacial score (nSPS) is 12.4. The second-order valence-electron chi connectivity index (χ2n) is 6.04. The van der Waals surface area contributed by atoms with Gasteiger partial charge >= 0.3 is 5.97 Å². The van der Waals surface area contributed by atoms with Crippen LogP contribution in [0.2, 0.25) is 0 Å². The summed E-state index contributed by atoms with van der Waals surface area (Å²) in [6.07, 6.45) is 12.9. The predicted molar refractivity (Wildman–Crippen MR) is 94.8 cm³/mol. The highest BCUT2D eigenvalue weighted by atomic mass is 16.6. The average Bonchev–Trinajstić information content (AvgIpc) is 2.53. The lowest BCUT2D eigenvalue weighted by atomic mass is 10.1. The molecule has 0 spiro atoms. The van der Waals surface area contributed by atoms with Crippen LogP contribution in [0, 0.1) is 0 Å². The monoisotopic (exact) mass is 311 g/mol. The standard InChI is InChI=1S/C19H37NO2/c1-5-9-12-15-18(22-19(21)8-4)20(16-13-10-6-2)17-14-11-7-3/h8,18H,4-7,9-17H2,1-3H3. The van der Waals surface area contributed by atoms with Crippen molar-refractivity contribution in [2.75, 3.05) is 13.1 Å². The van der Waals surface area contributed by atoms with Gasteiger partial charge < -0.3 is 4.74 Å². The molecule has 22 heavy (non-hydrogen) atoms. The maximum absolute atomic E-state index is 11.7. The van der Waals surface area contributed by atoms with E-state index in [1.165, 1.54) is 57.4 Å². The summed E-state index contributed by atoms with van der Waals surface area (Å²) in [6, 6.07) is 0. The van der Waals surface area contributed by atoms with Crippen LogP contribution in [0.4, 0.5) is 0 Å². The van der Waals surface area contributed by atoms with Crippen LogP contribution in [0.5, 0.6) is 0 Å². The van der Waals surface area contributed by atoms with Crippen LogP contribution >= 0.6 is 0 Å². The Hall–Kier alpha value is -0.830. The summed E-state index contributed by atoms with van der Waals surface area (Å²) in [7, 11) is 0. The molecule has 0 aliphatic carbocycles. The molecule has 0 fully saturated rings. The number of hydrogen-bond donors (Lipinski definition) is 0. The average molecular weight is 312 g/mol. The first-order valence-corrected chi connectivity index (χ1v) is 9.26. The minimum Gasteiger partial charge on any atom is -0.443 e. The van der Waals surface area contributed by atoms with E-state index in [1.54, 1.807) is 0 Å². The minimum absolute atomic E-state index is 0.0780. The van der Waals surface area contributed by atoms with Gasteiger partial charge in [-0.15, -0.1) is 0 Å².